The van der Waals surface area contributed by atoms with Crippen LogP contribution in [0.1, 0.15) is 30.6 Å². The number of rotatable bonds is 5. The molecule has 1 unspecified atom stereocenters. The van der Waals surface area contributed by atoms with Crippen molar-refractivity contribution in [3.63, 3.8) is 0 Å². The summed E-state index contributed by atoms with van der Waals surface area (Å²) in [5.41, 5.74) is 2.52. The third kappa shape index (κ3) is 4.18. The molecule has 4 rings (SSSR count). The van der Waals surface area contributed by atoms with Crippen molar-refractivity contribution >= 4 is 11.6 Å². The van der Waals surface area contributed by atoms with Crippen molar-refractivity contribution in [3.8, 4) is 0 Å². The SMILES string of the molecule is CCc1nc2n(n1)CC(NC(=NC)NCc1ccc(N3CC=CC3)cc1)CC2. The minimum absolute atomic E-state index is 0.315. The first-order chi connectivity index (χ1) is 13.7. The second kappa shape index (κ2) is 8.46. The minimum atomic E-state index is 0.315. The van der Waals surface area contributed by atoms with Gasteiger partial charge in [-0.15, -0.1) is 0 Å². The largest absolute Gasteiger partial charge is 0.364 e. The summed E-state index contributed by atoms with van der Waals surface area (Å²) in [6.45, 7) is 5.68. The fraction of sp³-hybridized carbons (Fsp3) is 0.476. The lowest BCUT2D eigenvalue weighted by Gasteiger charge is -2.25. The molecule has 1 aromatic carbocycles. The van der Waals surface area contributed by atoms with Crippen molar-refractivity contribution in [2.24, 2.45) is 4.99 Å². The standard InChI is InChI=1S/C21H29N7/c1-3-19-25-20-11-8-17(15-28(20)26-19)24-21(22-2)23-14-16-6-9-18(10-7-16)27-12-4-5-13-27/h4-7,9-10,17H,3,8,11-15H2,1-2H3,(H2,22,23,24). The average Bonchev–Trinajstić information content (AvgIpc) is 3.40. The Morgan fingerprint density at radius 1 is 1.21 bits per heavy atom. The summed E-state index contributed by atoms with van der Waals surface area (Å²) < 4.78 is 2.04. The van der Waals surface area contributed by atoms with E-state index in [-0.39, 0.29) is 0 Å². The highest BCUT2D eigenvalue weighted by molar-refractivity contribution is 5.80. The van der Waals surface area contributed by atoms with Crippen molar-refractivity contribution in [2.75, 3.05) is 25.0 Å². The molecule has 0 aliphatic carbocycles. The van der Waals surface area contributed by atoms with Gasteiger partial charge in [-0.3, -0.25) is 4.99 Å². The molecule has 7 nitrogen and oxygen atoms in total. The predicted molar refractivity (Wildman–Crippen MR) is 113 cm³/mol. The van der Waals surface area contributed by atoms with Crippen molar-refractivity contribution < 1.29 is 0 Å². The van der Waals surface area contributed by atoms with E-state index in [4.69, 9.17) is 0 Å². The van der Waals surface area contributed by atoms with Crippen LogP contribution in [0.2, 0.25) is 0 Å². The van der Waals surface area contributed by atoms with Crippen LogP contribution in [0.4, 0.5) is 5.69 Å². The minimum Gasteiger partial charge on any atom is -0.364 e. The van der Waals surface area contributed by atoms with Gasteiger partial charge in [-0.1, -0.05) is 31.2 Å². The van der Waals surface area contributed by atoms with Crippen molar-refractivity contribution in [1.29, 1.82) is 0 Å². The van der Waals surface area contributed by atoms with Gasteiger partial charge in [0.05, 0.1) is 6.54 Å². The van der Waals surface area contributed by atoms with Gasteiger partial charge in [-0.2, -0.15) is 5.10 Å². The van der Waals surface area contributed by atoms with Crippen molar-refractivity contribution in [1.82, 2.24) is 25.4 Å². The number of anilines is 1. The van der Waals surface area contributed by atoms with Gasteiger partial charge in [0.2, 0.25) is 0 Å². The van der Waals surface area contributed by atoms with Crippen molar-refractivity contribution in [3.05, 3.63) is 53.6 Å². The summed E-state index contributed by atoms with van der Waals surface area (Å²) in [6.07, 6.45) is 7.30. The summed E-state index contributed by atoms with van der Waals surface area (Å²) in [5.74, 6) is 2.87. The molecule has 0 fully saturated rings. The van der Waals surface area contributed by atoms with Gasteiger partial charge in [0, 0.05) is 51.3 Å². The van der Waals surface area contributed by atoms with Crippen LogP contribution in [0.25, 0.3) is 0 Å². The van der Waals surface area contributed by atoms with Crippen LogP contribution in [-0.4, -0.2) is 46.9 Å². The zero-order valence-electron chi connectivity index (χ0n) is 16.7. The van der Waals surface area contributed by atoms with E-state index < -0.39 is 0 Å². The molecule has 2 N–H and O–H groups in total. The zero-order valence-corrected chi connectivity index (χ0v) is 16.7. The quantitative estimate of drug-likeness (QED) is 0.472. The second-order valence-electron chi connectivity index (χ2n) is 7.33. The molecule has 3 heterocycles. The van der Waals surface area contributed by atoms with Gasteiger partial charge < -0.3 is 15.5 Å². The molecule has 0 saturated heterocycles. The number of aromatic nitrogens is 3. The molecule has 0 bridgehead atoms. The molecule has 0 saturated carbocycles. The van der Waals surface area contributed by atoms with Crippen molar-refractivity contribution in [2.45, 2.75) is 45.3 Å². The van der Waals surface area contributed by atoms with Gasteiger partial charge in [-0.25, -0.2) is 9.67 Å². The average molecular weight is 380 g/mol. The van der Waals surface area contributed by atoms with E-state index in [1.807, 2.05) is 11.7 Å². The highest BCUT2D eigenvalue weighted by Gasteiger charge is 2.22. The first-order valence-corrected chi connectivity index (χ1v) is 10.1. The van der Waals surface area contributed by atoms with Crippen LogP contribution in [0.3, 0.4) is 0 Å². The first kappa shape index (κ1) is 18.5. The molecule has 1 aromatic heterocycles. The third-order valence-electron chi connectivity index (χ3n) is 5.36. The monoisotopic (exact) mass is 379 g/mol. The topological polar surface area (TPSA) is 70.4 Å². The predicted octanol–water partition coefficient (Wildman–Crippen LogP) is 1.90. The van der Waals surface area contributed by atoms with Crippen LogP contribution >= 0.6 is 0 Å². The van der Waals surface area contributed by atoms with Gasteiger partial charge in [0.25, 0.3) is 0 Å². The Bertz CT molecular complexity index is 842. The summed E-state index contributed by atoms with van der Waals surface area (Å²) in [4.78, 5) is 11.3. The molecule has 0 amide bonds. The maximum atomic E-state index is 4.59. The molecular weight excluding hydrogens is 350 g/mol. The Morgan fingerprint density at radius 3 is 2.71 bits per heavy atom. The van der Waals surface area contributed by atoms with E-state index in [1.165, 1.54) is 11.3 Å². The number of fused-ring (bicyclic) bond motifs is 1. The van der Waals surface area contributed by atoms with Crippen LogP contribution in [-0.2, 0) is 25.9 Å². The van der Waals surface area contributed by atoms with Crippen LogP contribution in [0.15, 0.2) is 41.4 Å². The van der Waals surface area contributed by atoms with Gasteiger partial charge in [0.1, 0.15) is 5.82 Å². The Labute approximate surface area is 166 Å². The van der Waals surface area contributed by atoms with E-state index in [1.54, 1.807) is 0 Å². The maximum Gasteiger partial charge on any atom is 0.191 e. The van der Waals surface area contributed by atoms with E-state index in [0.717, 1.165) is 63.0 Å². The number of benzene rings is 1. The molecule has 2 aromatic rings. The lowest BCUT2D eigenvalue weighted by atomic mass is 10.1. The highest BCUT2D eigenvalue weighted by Crippen LogP contribution is 2.17. The normalized spacial score (nSPS) is 19.0. The smallest absolute Gasteiger partial charge is 0.191 e. The molecule has 2 aliphatic heterocycles. The third-order valence-corrected chi connectivity index (χ3v) is 5.36. The van der Waals surface area contributed by atoms with Crippen LogP contribution in [0.5, 0.6) is 0 Å². The summed E-state index contributed by atoms with van der Waals surface area (Å²) in [7, 11) is 1.82. The Kier molecular flexibility index (Phi) is 5.60. The number of hydrogen-bond acceptors (Lipinski definition) is 4. The van der Waals surface area contributed by atoms with Gasteiger partial charge in [-0.05, 0) is 24.1 Å². The second-order valence-corrected chi connectivity index (χ2v) is 7.33. The number of hydrogen-bond donors (Lipinski definition) is 2. The number of aliphatic imine (C=N–C) groups is 1. The highest BCUT2D eigenvalue weighted by atomic mass is 15.4. The molecule has 7 heteroatoms. The molecular formula is C21H29N7. The zero-order chi connectivity index (χ0) is 19.3. The molecule has 148 valence electrons. The van der Waals surface area contributed by atoms with E-state index in [2.05, 4.69) is 73.9 Å². The van der Waals surface area contributed by atoms with Crippen LogP contribution in [0, 0.1) is 0 Å². The lowest BCUT2D eigenvalue weighted by molar-refractivity contribution is 0.392. The van der Waals surface area contributed by atoms with E-state index in [0.29, 0.717) is 6.04 Å². The fourth-order valence-corrected chi connectivity index (χ4v) is 3.72. The van der Waals surface area contributed by atoms with Gasteiger partial charge in [0.15, 0.2) is 11.8 Å². The number of guanidine groups is 1. The number of nitrogens with zero attached hydrogens (tertiary/aromatic N) is 5. The summed E-state index contributed by atoms with van der Waals surface area (Å²) in [5, 5.41) is 11.5. The maximum absolute atomic E-state index is 4.59. The van der Waals surface area contributed by atoms with Gasteiger partial charge >= 0.3 is 0 Å². The lowest BCUT2D eigenvalue weighted by Crippen LogP contribution is -2.46. The molecule has 0 radical (unpaired) electrons. The molecule has 2 aliphatic rings. The molecule has 0 spiro atoms. The van der Waals surface area contributed by atoms with E-state index in [9.17, 15) is 0 Å². The van der Waals surface area contributed by atoms with E-state index >= 15 is 0 Å². The molecule has 28 heavy (non-hydrogen) atoms. The number of nitrogens with one attached hydrogen (secondary N) is 2. The van der Waals surface area contributed by atoms with Crippen LogP contribution < -0.4 is 15.5 Å². The first-order valence-electron chi connectivity index (χ1n) is 10.1. The fourth-order valence-electron chi connectivity index (χ4n) is 3.72. The molecule has 1 atom stereocenters. The Balaban J connectivity index is 1.29. The summed E-state index contributed by atoms with van der Waals surface area (Å²) >= 11 is 0. The number of aryl methyl sites for hydroxylation is 2. The Hall–Kier alpha value is -2.83. The summed E-state index contributed by atoms with van der Waals surface area (Å²) in [6, 6.07) is 9.07. The Morgan fingerprint density at radius 2 is 2.00 bits per heavy atom.